The minimum absolute atomic E-state index is 0.0263. The Kier molecular flexibility index (Phi) is 3.89. The number of furan rings is 1. The maximum Gasteiger partial charge on any atom is 0.283 e. The van der Waals surface area contributed by atoms with Gasteiger partial charge in [0.15, 0.2) is 0 Å². The van der Waals surface area contributed by atoms with Crippen molar-refractivity contribution in [3.05, 3.63) is 49.6 Å². The third-order valence-electron chi connectivity index (χ3n) is 2.85. The first kappa shape index (κ1) is 14.3. The summed E-state index contributed by atoms with van der Waals surface area (Å²) >= 11 is 1.11. The molecule has 1 amide bonds. The molecule has 0 radical (unpaired) electrons. The molecule has 0 aliphatic rings. The molecule has 20 heavy (non-hydrogen) atoms. The number of nitro groups is 1. The molecule has 0 aliphatic heterocycles. The Labute approximate surface area is 119 Å². The fraction of sp³-hybridized carbons (Fsp3) is 0.308. The summed E-state index contributed by atoms with van der Waals surface area (Å²) in [6.07, 6.45) is 0. The van der Waals surface area contributed by atoms with E-state index < -0.39 is 4.92 Å². The van der Waals surface area contributed by atoms with Crippen LogP contribution in [0.3, 0.4) is 0 Å². The Balaban J connectivity index is 2.12. The number of amides is 1. The van der Waals surface area contributed by atoms with E-state index in [1.807, 2.05) is 13.0 Å². The molecule has 0 saturated heterocycles. The number of hydrogen-bond donors (Lipinski definition) is 1. The van der Waals surface area contributed by atoms with Gasteiger partial charge >= 0.3 is 0 Å². The first-order chi connectivity index (χ1) is 9.38. The second kappa shape index (κ2) is 5.46. The fourth-order valence-corrected chi connectivity index (χ4v) is 2.68. The second-order valence-corrected chi connectivity index (χ2v) is 5.71. The van der Waals surface area contributed by atoms with Crippen LogP contribution in [-0.2, 0) is 0 Å². The number of nitrogens with one attached hydrogen (secondary N) is 1. The first-order valence-electron chi connectivity index (χ1n) is 6.00. The maximum atomic E-state index is 12.1. The Morgan fingerprint density at radius 1 is 1.45 bits per heavy atom. The highest BCUT2D eigenvalue weighted by Crippen LogP contribution is 2.28. The van der Waals surface area contributed by atoms with Gasteiger partial charge in [-0.05, 0) is 32.9 Å². The van der Waals surface area contributed by atoms with E-state index in [9.17, 15) is 14.9 Å². The Bertz CT molecular complexity index is 659. The lowest BCUT2D eigenvalue weighted by atomic mass is 10.2. The fourth-order valence-electron chi connectivity index (χ4n) is 1.79. The van der Waals surface area contributed by atoms with Crippen LogP contribution in [0.25, 0.3) is 0 Å². The molecule has 106 valence electrons. The van der Waals surface area contributed by atoms with E-state index in [-0.39, 0.29) is 17.6 Å². The SMILES string of the molecule is Cc1ccc(C(C)NC(=O)c2cc([N+](=O)[O-])c(C)s2)o1. The van der Waals surface area contributed by atoms with Gasteiger partial charge in [0.05, 0.1) is 20.7 Å². The summed E-state index contributed by atoms with van der Waals surface area (Å²) in [6, 6.07) is 4.62. The third kappa shape index (κ3) is 2.88. The van der Waals surface area contributed by atoms with Crippen LogP contribution in [0.4, 0.5) is 5.69 Å². The lowest BCUT2D eigenvalue weighted by Crippen LogP contribution is -2.25. The minimum atomic E-state index is -0.484. The molecule has 2 aromatic heterocycles. The van der Waals surface area contributed by atoms with E-state index in [1.54, 1.807) is 19.9 Å². The van der Waals surface area contributed by atoms with Gasteiger partial charge in [-0.2, -0.15) is 0 Å². The van der Waals surface area contributed by atoms with Crippen molar-refractivity contribution in [3.8, 4) is 0 Å². The average Bonchev–Trinajstić information content (AvgIpc) is 2.95. The third-order valence-corrected chi connectivity index (χ3v) is 3.89. The van der Waals surface area contributed by atoms with Gasteiger partial charge in [-0.3, -0.25) is 14.9 Å². The van der Waals surface area contributed by atoms with Crippen LogP contribution in [-0.4, -0.2) is 10.8 Å². The largest absolute Gasteiger partial charge is 0.464 e. The van der Waals surface area contributed by atoms with Crippen LogP contribution in [0.2, 0.25) is 0 Å². The van der Waals surface area contributed by atoms with Crippen LogP contribution in [0.15, 0.2) is 22.6 Å². The predicted octanol–water partition coefficient (Wildman–Crippen LogP) is 3.36. The number of thiophene rings is 1. The van der Waals surface area contributed by atoms with Crippen molar-refractivity contribution < 1.29 is 14.1 Å². The Morgan fingerprint density at radius 2 is 2.15 bits per heavy atom. The van der Waals surface area contributed by atoms with E-state index in [0.29, 0.717) is 15.5 Å². The lowest BCUT2D eigenvalue weighted by Gasteiger charge is -2.10. The van der Waals surface area contributed by atoms with Crippen LogP contribution >= 0.6 is 11.3 Å². The smallest absolute Gasteiger partial charge is 0.283 e. The van der Waals surface area contributed by atoms with Gasteiger partial charge in [0.25, 0.3) is 11.6 Å². The first-order valence-corrected chi connectivity index (χ1v) is 6.82. The molecule has 2 aromatic rings. The molecular weight excluding hydrogens is 280 g/mol. The monoisotopic (exact) mass is 294 g/mol. The highest BCUT2D eigenvalue weighted by molar-refractivity contribution is 7.14. The molecule has 0 aromatic carbocycles. The Morgan fingerprint density at radius 3 is 2.65 bits per heavy atom. The molecular formula is C13H14N2O4S. The van der Waals surface area contributed by atoms with E-state index in [4.69, 9.17) is 4.42 Å². The molecule has 0 saturated carbocycles. The molecule has 2 heterocycles. The highest BCUT2D eigenvalue weighted by atomic mass is 32.1. The number of nitrogens with zero attached hydrogens (tertiary/aromatic N) is 1. The number of rotatable bonds is 4. The van der Waals surface area contributed by atoms with Gasteiger partial charge in [0, 0.05) is 6.07 Å². The van der Waals surface area contributed by atoms with E-state index in [1.165, 1.54) is 6.07 Å². The number of hydrogen-bond acceptors (Lipinski definition) is 5. The number of carbonyl (C=O) groups excluding carboxylic acids is 1. The van der Waals surface area contributed by atoms with Crippen molar-refractivity contribution in [1.29, 1.82) is 0 Å². The summed E-state index contributed by atoms with van der Waals surface area (Å²) in [6.45, 7) is 5.24. The quantitative estimate of drug-likeness (QED) is 0.692. The molecule has 1 atom stereocenters. The van der Waals surface area contributed by atoms with Gasteiger partial charge < -0.3 is 9.73 Å². The summed E-state index contributed by atoms with van der Waals surface area (Å²) in [5, 5.41) is 13.5. The van der Waals surface area contributed by atoms with Crippen molar-refractivity contribution in [2.75, 3.05) is 0 Å². The minimum Gasteiger partial charge on any atom is -0.464 e. The standard InChI is InChI=1S/C13H14N2O4S/c1-7-4-5-11(19-7)8(2)14-13(16)12-6-10(15(17)18)9(3)20-12/h4-6,8H,1-3H3,(H,14,16). The molecule has 0 bridgehead atoms. The zero-order chi connectivity index (χ0) is 14.9. The molecule has 0 spiro atoms. The van der Waals surface area contributed by atoms with E-state index >= 15 is 0 Å². The zero-order valence-electron chi connectivity index (χ0n) is 11.3. The second-order valence-electron chi connectivity index (χ2n) is 4.45. The number of aryl methyl sites for hydroxylation is 2. The summed E-state index contributed by atoms with van der Waals surface area (Å²) < 4.78 is 5.43. The van der Waals surface area contributed by atoms with Crippen LogP contribution in [0.1, 0.15) is 39.0 Å². The Hall–Kier alpha value is -2.15. The van der Waals surface area contributed by atoms with Gasteiger partial charge in [0.1, 0.15) is 11.5 Å². The molecule has 7 heteroatoms. The maximum absolute atomic E-state index is 12.1. The van der Waals surface area contributed by atoms with E-state index in [0.717, 1.165) is 17.1 Å². The summed E-state index contributed by atoms with van der Waals surface area (Å²) in [4.78, 5) is 23.2. The summed E-state index contributed by atoms with van der Waals surface area (Å²) in [5.74, 6) is 1.08. The van der Waals surface area contributed by atoms with Gasteiger partial charge in [-0.1, -0.05) is 0 Å². The molecule has 0 fully saturated rings. The van der Waals surface area contributed by atoms with Crippen LogP contribution < -0.4 is 5.32 Å². The zero-order valence-corrected chi connectivity index (χ0v) is 12.1. The predicted molar refractivity (Wildman–Crippen MR) is 75.0 cm³/mol. The summed E-state index contributed by atoms with van der Waals surface area (Å²) in [5.41, 5.74) is -0.0263. The molecule has 1 unspecified atom stereocenters. The molecule has 2 rings (SSSR count). The van der Waals surface area contributed by atoms with Crippen LogP contribution in [0, 0.1) is 24.0 Å². The normalized spacial score (nSPS) is 12.2. The van der Waals surface area contributed by atoms with Gasteiger partial charge in [-0.25, -0.2) is 0 Å². The summed E-state index contributed by atoms with van der Waals surface area (Å²) in [7, 11) is 0. The van der Waals surface area contributed by atoms with Crippen molar-refractivity contribution in [2.24, 2.45) is 0 Å². The van der Waals surface area contributed by atoms with Crippen molar-refractivity contribution >= 4 is 22.9 Å². The molecule has 1 N–H and O–H groups in total. The van der Waals surface area contributed by atoms with Crippen molar-refractivity contribution in [1.82, 2.24) is 5.32 Å². The van der Waals surface area contributed by atoms with Gasteiger partial charge in [-0.15, -0.1) is 11.3 Å². The van der Waals surface area contributed by atoms with Crippen molar-refractivity contribution in [3.63, 3.8) is 0 Å². The highest BCUT2D eigenvalue weighted by Gasteiger charge is 2.21. The number of carbonyl (C=O) groups is 1. The van der Waals surface area contributed by atoms with Gasteiger partial charge in [0.2, 0.25) is 0 Å². The average molecular weight is 294 g/mol. The molecule has 0 aliphatic carbocycles. The lowest BCUT2D eigenvalue weighted by molar-refractivity contribution is -0.385. The molecule has 6 nitrogen and oxygen atoms in total. The topological polar surface area (TPSA) is 85.4 Å². The van der Waals surface area contributed by atoms with Crippen LogP contribution in [0.5, 0.6) is 0 Å². The van der Waals surface area contributed by atoms with Crippen molar-refractivity contribution in [2.45, 2.75) is 26.8 Å². The van der Waals surface area contributed by atoms with E-state index in [2.05, 4.69) is 5.32 Å².